The summed E-state index contributed by atoms with van der Waals surface area (Å²) in [6, 6.07) is 19.9. The molecular weight excluding hydrogens is 350 g/mol. The van der Waals surface area contributed by atoms with Gasteiger partial charge in [0.2, 0.25) is 0 Å². The molecule has 1 N–H and O–H groups in total. The molecule has 0 aliphatic heterocycles. The van der Waals surface area contributed by atoms with E-state index in [4.69, 9.17) is 21.1 Å². The molecule has 0 spiro atoms. The minimum Gasteiger partial charge on any atom is -0.495 e. The molecule has 1 amide bonds. The maximum Gasteiger partial charge on any atom is 0.255 e. The van der Waals surface area contributed by atoms with E-state index in [1.165, 1.54) is 7.11 Å². The second-order valence-electron chi connectivity index (χ2n) is 5.70. The summed E-state index contributed by atoms with van der Waals surface area (Å²) in [7, 11) is 1.53. The molecule has 0 saturated heterocycles. The second kappa shape index (κ2) is 7.93. The summed E-state index contributed by atoms with van der Waals surface area (Å²) < 4.78 is 11.1. The predicted molar refractivity (Wildman–Crippen MR) is 104 cm³/mol. The maximum atomic E-state index is 12.6. The zero-order valence-electron chi connectivity index (χ0n) is 14.5. The molecule has 3 aromatic carbocycles. The van der Waals surface area contributed by atoms with Crippen molar-refractivity contribution in [2.75, 3.05) is 12.4 Å². The highest BCUT2D eigenvalue weighted by atomic mass is 35.5. The Morgan fingerprint density at radius 3 is 2.42 bits per heavy atom. The Labute approximate surface area is 157 Å². The highest BCUT2D eigenvalue weighted by Crippen LogP contribution is 2.31. The van der Waals surface area contributed by atoms with Crippen LogP contribution in [0, 0.1) is 6.92 Å². The SMILES string of the molecule is COc1cc(Cl)c(C)cc1NC(=O)c1cccc(Oc2ccccc2)c1. The Hall–Kier alpha value is -2.98. The van der Waals surface area contributed by atoms with Gasteiger partial charge in [-0.3, -0.25) is 4.79 Å². The Bertz CT molecular complexity index is 926. The Kier molecular flexibility index (Phi) is 5.44. The Balaban J connectivity index is 1.80. The number of hydrogen-bond acceptors (Lipinski definition) is 3. The van der Waals surface area contributed by atoms with Crippen LogP contribution in [-0.4, -0.2) is 13.0 Å². The van der Waals surface area contributed by atoms with Crippen molar-refractivity contribution in [1.29, 1.82) is 0 Å². The van der Waals surface area contributed by atoms with E-state index in [1.54, 1.807) is 36.4 Å². The van der Waals surface area contributed by atoms with Gasteiger partial charge in [-0.25, -0.2) is 0 Å². The minimum atomic E-state index is -0.261. The molecule has 26 heavy (non-hydrogen) atoms. The predicted octanol–water partition coefficient (Wildman–Crippen LogP) is 5.70. The van der Waals surface area contributed by atoms with E-state index in [0.717, 1.165) is 5.56 Å². The first-order valence-electron chi connectivity index (χ1n) is 8.05. The van der Waals surface area contributed by atoms with Gasteiger partial charge in [-0.05, 0) is 48.9 Å². The zero-order valence-corrected chi connectivity index (χ0v) is 15.2. The monoisotopic (exact) mass is 367 g/mol. The van der Waals surface area contributed by atoms with Gasteiger partial charge >= 0.3 is 0 Å². The number of halogens is 1. The van der Waals surface area contributed by atoms with Crippen LogP contribution in [0.5, 0.6) is 17.2 Å². The molecule has 0 atom stereocenters. The molecule has 0 fully saturated rings. The first-order chi connectivity index (χ1) is 12.6. The first kappa shape index (κ1) is 17.8. The number of rotatable bonds is 5. The molecule has 0 bridgehead atoms. The standard InChI is InChI=1S/C21H18ClNO3/c1-14-11-19(20(25-2)13-18(14)22)23-21(24)15-7-6-10-17(12-15)26-16-8-4-3-5-9-16/h3-13H,1-2H3,(H,23,24). The third kappa shape index (κ3) is 4.16. The summed E-state index contributed by atoms with van der Waals surface area (Å²) >= 11 is 6.11. The van der Waals surface area contributed by atoms with E-state index in [2.05, 4.69) is 5.32 Å². The van der Waals surface area contributed by atoms with Gasteiger partial charge in [-0.15, -0.1) is 0 Å². The smallest absolute Gasteiger partial charge is 0.255 e. The molecule has 3 rings (SSSR count). The lowest BCUT2D eigenvalue weighted by Gasteiger charge is -2.13. The van der Waals surface area contributed by atoms with E-state index < -0.39 is 0 Å². The molecule has 0 aromatic heterocycles. The van der Waals surface area contributed by atoms with Crippen LogP contribution in [0.3, 0.4) is 0 Å². The molecule has 0 radical (unpaired) electrons. The van der Waals surface area contributed by atoms with Gasteiger partial charge in [-0.1, -0.05) is 35.9 Å². The maximum absolute atomic E-state index is 12.6. The third-order valence-corrected chi connectivity index (χ3v) is 4.21. The average Bonchev–Trinajstić information content (AvgIpc) is 2.65. The van der Waals surface area contributed by atoms with Crippen LogP contribution >= 0.6 is 11.6 Å². The minimum absolute atomic E-state index is 0.261. The van der Waals surface area contributed by atoms with Crippen molar-refractivity contribution < 1.29 is 14.3 Å². The number of ether oxygens (including phenoxy) is 2. The summed E-state index contributed by atoms with van der Waals surface area (Å²) in [5.41, 5.74) is 1.89. The summed E-state index contributed by atoms with van der Waals surface area (Å²) in [6.45, 7) is 1.87. The van der Waals surface area contributed by atoms with E-state index in [1.807, 2.05) is 37.3 Å². The fourth-order valence-corrected chi connectivity index (χ4v) is 2.60. The topological polar surface area (TPSA) is 47.6 Å². The van der Waals surface area contributed by atoms with Crippen LogP contribution < -0.4 is 14.8 Å². The fraction of sp³-hybridized carbons (Fsp3) is 0.0952. The molecular formula is C21H18ClNO3. The van der Waals surface area contributed by atoms with Gasteiger partial charge < -0.3 is 14.8 Å². The van der Waals surface area contributed by atoms with Crippen molar-refractivity contribution in [3.8, 4) is 17.2 Å². The summed E-state index contributed by atoms with van der Waals surface area (Å²) in [4.78, 5) is 12.6. The van der Waals surface area contributed by atoms with Crippen molar-refractivity contribution in [1.82, 2.24) is 0 Å². The van der Waals surface area contributed by atoms with Crippen LogP contribution in [-0.2, 0) is 0 Å². The average molecular weight is 368 g/mol. The Morgan fingerprint density at radius 1 is 0.962 bits per heavy atom. The number of para-hydroxylation sites is 1. The van der Waals surface area contributed by atoms with Crippen molar-refractivity contribution in [2.45, 2.75) is 6.92 Å². The molecule has 3 aromatic rings. The number of amides is 1. The van der Waals surface area contributed by atoms with Crippen LogP contribution in [0.4, 0.5) is 5.69 Å². The highest BCUT2D eigenvalue weighted by molar-refractivity contribution is 6.31. The molecule has 0 unspecified atom stereocenters. The lowest BCUT2D eigenvalue weighted by molar-refractivity contribution is 0.102. The van der Waals surface area contributed by atoms with Crippen LogP contribution in [0.1, 0.15) is 15.9 Å². The van der Waals surface area contributed by atoms with E-state index in [9.17, 15) is 4.79 Å². The molecule has 0 aliphatic rings. The number of benzene rings is 3. The number of hydrogen-bond donors (Lipinski definition) is 1. The van der Waals surface area contributed by atoms with Crippen LogP contribution in [0.25, 0.3) is 0 Å². The summed E-state index contributed by atoms with van der Waals surface area (Å²) in [6.07, 6.45) is 0. The van der Waals surface area contributed by atoms with Gasteiger partial charge in [0.15, 0.2) is 0 Å². The molecule has 5 heteroatoms. The molecule has 4 nitrogen and oxygen atoms in total. The quantitative estimate of drug-likeness (QED) is 0.629. The van der Waals surface area contributed by atoms with Gasteiger partial charge in [0.05, 0.1) is 12.8 Å². The first-order valence-corrected chi connectivity index (χ1v) is 8.43. The van der Waals surface area contributed by atoms with Gasteiger partial charge in [0.25, 0.3) is 5.91 Å². The number of carbonyl (C=O) groups is 1. The third-order valence-electron chi connectivity index (χ3n) is 3.80. The van der Waals surface area contributed by atoms with Crippen molar-refractivity contribution in [3.05, 3.63) is 82.9 Å². The zero-order chi connectivity index (χ0) is 18.5. The summed E-state index contributed by atoms with van der Waals surface area (Å²) in [5.74, 6) is 1.54. The van der Waals surface area contributed by atoms with E-state index in [-0.39, 0.29) is 5.91 Å². The lowest BCUT2D eigenvalue weighted by Crippen LogP contribution is -2.13. The summed E-state index contributed by atoms with van der Waals surface area (Å²) in [5, 5.41) is 3.44. The number of nitrogens with one attached hydrogen (secondary N) is 1. The molecule has 0 aliphatic carbocycles. The van der Waals surface area contributed by atoms with Gasteiger partial charge in [0, 0.05) is 16.7 Å². The van der Waals surface area contributed by atoms with Crippen LogP contribution in [0.2, 0.25) is 5.02 Å². The number of aryl methyl sites for hydroxylation is 1. The number of methoxy groups -OCH3 is 1. The van der Waals surface area contributed by atoms with Crippen molar-refractivity contribution >= 4 is 23.2 Å². The van der Waals surface area contributed by atoms with E-state index in [0.29, 0.717) is 33.5 Å². The van der Waals surface area contributed by atoms with Crippen molar-refractivity contribution in [2.24, 2.45) is 0 Å². The normalized spacial score (nSPS) is 10.3. The molecule has 0 saturated carbocycles. The van der Waals surface area contributed by atoms with E-state index >= 15 is 0 Å². The highest BCUT2D eigenvalue weighted by Gasteiger charge is 2.13. The largest absolute Gasteiger partial charge is 0.495 e. The van der Waals surface area contributed by atoms with Crippen LogP contribution in [0.15, 0.2) is 66.7 Å². The second-order valence-corrected chi connectivity index (χ2v) is 6.11. The number of carbonyl (C=O) groups excluding carboxylic acids is 1. The Morgan fingerprint density at radius 2 is 1.69 bits per heavy atom. The fourth-order valence-electron chi connectivity index (χ4n) is 2.45. The van der Waals surface area contributed by atoms with Gasteiger partial charge in [-0.2, -0.15) is 0 Å². The lowest BCUT2D eigenvalue weighted by atomic mass is 10.1. The number of anilines is 1. The molecule has 0 heterocycles. The van der Waals surface area contributed by atoms with Gasteiger partial charge in [0.1, 0.15) is 17.2 Å². The van der Waals surface area contributed by atoms with Crippen molar-refractivity contribution in [3.63, 3.8) is 0 Å². The molecule has 132 valence electrons.